The maximum Gasteiger partial charge on any atom is 0.0600 e. The van der Waals surface area contributed by atoms with Crippen molar-refractivity contribution in [3.8, 4) is 0 Å². The fraction of sp³-hybridized carbons (Fsp3) is 0.615. The van der Waals surface area contributed by atoms with Crippen molar-refractivity contribution in [2.45, 2.75) is 38.4 Å². The van der Waals surface area contributed by atoms with Gasteiger partial charge in [0.05, 0.1) is 17.9 Å². The summed E-state index contributed by atoms with van der Waals surface area (Å²) in [6.45, 7) is 3.36. The van der Waals surface area contributed by atoms with Crippen LogP contribution in [0.4, 0.5) is 0 Å². The lowest BCUT2D eigenvalue weighted by Gasteiger charge is -2.36. The smallest absolute Gasteiger partial charge is 0.0600 e. The molecule has 17 heavy (non-hydrogen) atoms. The molecule has 2 unspecified atom stereocenters. The molecule has 3 nitrogen and oxygen atoms in total. The van der Waals surface area contributed by atoms with E-state index in [9.17, 15) is 0 Å². The van der Waals surface area contributed by atoms with Crippen LogP contribution < -0.4 is 5.32 Å². The predicted molar refractivity (Wildman–Crippen MR) is 73.3 cm³/mol. The van der Waals surface area contributed by atoms with E-state index in [0.29, 0.717) is 12.2 Å². The van der Waals surface area contributed by atoms with Gasteiger partial charge in [-0.05, 0) is 51.9 Å². The summed E-state index contributed by atoms with van der Waals surface area (Å²) < 4.78 is 0. The highest BCUT2D eigenvalue weighted by molar-refractivity contribution is 5.85. The summed E-state index contributed by atoms with van der Waals surface area (Å²) >= 11 is 0. The Morgan fingerprint density at radius 3 is 2.82 bits per heavy atom. The molecule has 1 N–H and O–H groups in total. The second-order valence-corrected chi connectivity index (χ2v) is 4.56. The van der Waals surface area contributed by atoms with Crippen molar-refractivity contribution in [2.24, 2.45) is 0 Å². The summed E-state index contributed by atoms with van der Waals surface area (Å²) in [6, 6.07) is 6.50. The number of nitrogens with zero attached hydrogens (tertiary/aromatic N) is 2. The van der Waals surface area contributed by atoms with E-state index in [0.717, 1.165) is 12.2 Å². The van der Waals surface area contributed by atoms with Crippen LogP contribution in [-0.4, -0.2) is 29.6 Å². The summed E-state index contributed by atoms with van der Waals surface area (Å²) in [6.07, 6.45) is 6.26. The average Bonchev–Trinajstić information content (AvgIpc) is 2.39. The summed E-state index contributed by atoms with van der Waals surface area (Å²) in [5, 5.41) is 3.57. The van der Waals surface area contributed by atoms with E-state index in [-0.39, 0.29) is 12.4 Å². The topological polar surface area (TPSA) is 28.2 Å². The van der Waals surface area contributed by atoms with Crippen LogP contribution in [-0.2, 0) is 0 Å². The van der Waals surface area contributed by atoms with Crippen LogP contribution in [0.25, 0.3) is 0 Å². The van der Waals surface area contributed by atoms with Gasteiger partial charge in [-0.2, -0.15) is 0 Å². The lowest BCUT2D eigenvalue weighted by molar-refractivity contribution is 0.126. The molecule has 1 fully saturated rings. The van der Waals surface area contributed by atoms with Crippen molar-refractivity contribution in [1.29, 1.82) is 0 Å². The molecule has 1 aromatic rings. The van der Waals surface area contributed by atoms with Crippen molar-refractivity contribution in [3.05, 3.63) is 30.1 Å². The highest BCUT2D eigenvalue weighted by Gasteiger charge is 2.22. The predicted octanol–water partition coefficient (Wildman–Crippen LogP) is 2.60. The first-order valence-corrected chi connectivity index (χ1v) is 6.15. The third kappa shape index (κ3) is 3.66. The van der Waals surface area contributed by atoms with Crippen LogP contribution >= 0.6 is 12.4 Å². The second kappa shape index (κ2) is 6.94. The number of halogens is 1. The maximum atomic E-state index is 4.43. The van der Waals surface area contributed by atoms with Crippen molar-refractivity contribution < 1.29 is 0 Å². The number of rotatable bonds is 3. The van der Waals surface area contributed by atoms with E-state index >= 15 is 0 Å². The van der Waals surface area contributed by atoms with Crippen molar-refractivity contribution in [3.63, 3.8) is 0 Å². The number of aromatic nitrogens is 1. The van der Waals surface area contributed by atoms with E-state index in [1.54, 1.807) is 0 Å². The number of pyridine rings is 1. The fourth-order valence-corrected chi connectivity index (χ4v) is 2.28. The lowest BCUT2D eigenvalue weighted by atomic mass is 10.1. The Morgan fingerprint density at radius 2 is 2.24 bits per heavy atom. The van der Waals surface area contributed by atoms with E-state index in [2.05, 4.69) is 41.3 Å². The Balaban J connectivity index is 0.00000144. The molecule has 2 heterocycles. The molecule has 2 rings (SSSR count). The van der Waals surface area contributed by atoms with Crippen molar-refractivity contribution in [2.75, 3.05) is 13.6 Å². The van der Waals surface area contributed by atoms with E-state index < -0.39 is 0 Å². The molecule has 0 amide bonds. The van der Waals surface area contributed by atoms with E-state index in [1.165, 1.54) is 19.3 Å². The van der Waals surface area contributed by atoms with Crippen LogP contribution in [0, 0.1) is 0 Å². The fourth-order valence-electron chi connectivity index (χ4n) is 2.28. The number of nitrogens with one attached hydrogen (secondary N) is 1. The van der Waals surface area contributed by atoms with Gasteiger partial charge in [0.2, 0.25) is 0 Å². The minimum Gasteiger partial charge on any atom is -0.302 e. The minimum atomic E-state index is 0. The summed E-state index contributed by atoms with van der Waals surface area (Å²) in [5.74, 6) is 0. The first kappa shape index (κ1) is 14.4. The van der Waals surface area contributed by atoms with Gasteiger partial charge in [0.15, 0.2) is 0 Å². The molecule has 0 spiro atoms. The molecular weight excluding hydrogens is 234 g/mol. The molecule has 1 saturated heterocycles. The molecule has 0 saturated carbocycles. The average molecular weight is 256 g/mol. The molecule has 0 radical (unpaired) electrons. The maximum absolute atomic E-state index is 4.43. The quantitative estimate of drug-likeness (QED) is 0.900. The first-order valence-electron chi connectivity index (χ1n) is 6.15. The molecule has 2 atom stereocenters. The van der Waals surface area contributed by atoms with E-state index in [1.807, 2.05) is 12.3 Å². The van der Waals surface area contributed by atoms with Crippen LogP contribution in [0.15, 0.2) is 24.4 Å². The summed E-state index contributed by atoms with van der Waals surface area (Å²) in [5.41, 5.74) is 1.15. The summed E-state index contributed by atoms with van der Waals surface area (Å²) in [7, 11) is 2.18. The zero-order valence-corrected chi connectivity index (χ0v) is 11.4. The molecule has 96 valence electrons. The van der Waals surface area contributed by atoms with E-state index in [4.69, 9.17) is 0 Å². The second-order valence-electron chi connectivity index (χ2n) is 4.56. The first-order chi connectivity index (χ1) is 7.79. The van der Waals surface area contributed by atoms with Gasteiger partial charge in [-0.15, -0.1) is 12.4 Å². The third-order valence-corrected chi connectivity index (χ3v) is 3.50. The van der Waals surface area contributed by atoms with Gasteiger partial charge in [-0.25, -0.2) is 0 Å². The Hall–Kier alpha value is -0.640. The minimum absolute atomic E-state index is 0. The SMILES string of the molecule is CC(c1ccccn1)N(C)C1CCCCN1.Cl. The molecule has 1 aliphatic rings. The lowest BCUT2D eigenvalue weighted by Crippen LogP contribution is -2.47. The van der Waals surface area contributed by atoms with Crippen LogP contribution in [0.3, 0.4) is 0 Å². The zero-order valence-electron chi connectivity index (χ0n) is 10.6. The molecule has 1 aromatic heterocycles. The Kier molecular flexibility index (Phi) is 5.89. The highest BCUT2D eigenvalue weighted by Crippen LogP contribution is 2.21. The van der Waals surface area contributed by atoms with Crippen LogP contribution in [0.5, 0.6) is 0 Å². The molecule has 1 aliphatic heterocycles. The molecular formula is C13H22ClN3. The van der Waals surface area contributed by atoms with Gasteiger partial charge < -0.3 is 5.32 Å². The molecule has 4 heteroatoms. The van der Waals surface area contributed by atoms with Gasteiger partial charge in [0.1, 0.15) is 0 Å². The zero-order chi connectivity index (χ0) is 11.4. The molecule has 0 aliphatic carbocycles. The highest BCUT2D eigenvalue weighted by atomic mass is 35.5. The molecule has 0 aromatic carbocycles. The monoisotopic (exact) mass is 255 g/mol. The van der Waals surface area contributed by atoms with Crippen LogP contribution in [0.1, 0.15) is 37.9 Å². The van der Waals surface area contributed by atoms with Gasteiger partial charge in [0.25, 0.3) is 0 Å². The third-order valence-electron chi connectivity index (χ3n) is 3.50. The standard InChI is InChI=1S/C13H21N3.ClH/c1-11(12-7-3-5-9-14-12)16(2)13-8-4-6-10-15-13;/h3,5,7,9,11,13,15H,4,6,8,10H2,1-2H3;1H. The van der Waals surface area contributed by atoms with Gasteiger partial charge in [-0.3, -0.25) is 9.88 Å². The molecule has 0 bridgehead atoms. The van der Waals surface area contributed by atoms with Gasteiger partial charge >= 0.3 is 0 Å². The Labute approximate surface area is 110 Å². The Bertz CT molecular complexity index is 312. The number of piperidine rings is 1. The number of hydrogen-bond acceptors (Lipinski definition) is 3. The van der Waals surface area contributed by atoms with Crippen LogP contribution in [0.2, 0.25) is 0 Å². The van der Waals surface area contributed by atoms with Gasteiger partial charge in [0, 0.05) is 6.20 Å². The largest absolute Gasteiger partial charge is 0.302 e. The van der Waals surface area contributed by atoms with Crippen molar-refractivity contribution >= 4 is 12.4 Å². The summed E-state index contributed by atoms with van der Waals surface area (Å²) in [4.78, 5) is 6.82. The van der Waals surface area contributed by atoms with Gasteiger partial charge in [-0.1, -0.05) is 6.07 Å². The number of hydrogen-bond donors (Lipinski definition) is 1. The Morgan fingerprint density at radius 1 is 1.41 bits per heavy atom. The normalized spacial score (nSPS) is 21.9. The van der Waals surface area contributed by atoms with Crippen molar-refractivity contribution in [1.82, 2.24) is 15.2 Å².